The van der Waals surface area contributed by atoms with Gasteiger partial charge in [0.1, 0.15) is 0 Å². The Morgan fingerprint density at radius 2 is 1.87 bits per heavy atom. The molecule has 3 rings (SSSR count). The third-order valence-corrected chi connectivity index (χ3v) is 3.93. The Labute approximate surface area is 93.6 Å². The standard InChI is InChI=1S/C14H12S/c1-10-6-8-12-11-4-2-3-5-13(11)15-14(12)9-7-10/h2-10H,1H3/t10-/m0/s1. The molecule has 1 heteroatoms. The van der Waals surface area contributed by atoms with E-state index in [4.69, 9.17) is 0 Å². The van der Waals surface area contributed by atoms with Gasteiger partial charge in [-0.05, 0) is 23.6 Å². The topological polar surface area (TPSA) is 0 Å². The van der Waals surface area contributed by atoms with Crippen LogP contribution in [-0.2, 0) is 0 Å². The first-order chi connectivity index (χ1) is 7.34. The Bertz CT molecular complexity index is 558. The zero-order chi connectivity index (χ0) is 10.3. The molecule has 1 aliphatic rings. The summed E-state index contributed by atoms with van der Waals surface area (Å²) in [6.45, 7) is 2.21. The van der Waals surface area contributed by atoms with E-state index < -0.39 is 0 Å². The summed E-state index contributed by atoms with van der Waals surface area (Å²) >= 11 is 1.88. The van der Waals surface area contributed by atoms with E-state index in [-0.39, 0.29) is 0 Å². The fraction of sp³-hybridized carbons (Fsp3) is 0.143. The molecule has 0 nitrogen and oxygen atoms in total. The highest BCUT2D eigenvalue weighted by atomic mass is 32.1. The van der Waals surface area contributed by atoms with E-state index in [9.17, 15) is 0 Å². The molecular formula is C14H12S. The van der Waals surface area contributed by atoms with Gasteiger partial charge in [-0.3, -0.25) is 0 Å². The van der Waals surface area contributed by atoms with Crippen LogP contribution in [0.4, 0.5) is 0 Å². The number of hydrogen-bond acceptors (Lipinski definition) is 1. The molecule has 0 spiro atoms. The summed E-state index contributed by atoms with van der Waals surface area (Å²) in [5.74, 6) is 0.545. The number of fused-ring (bicyclic) bond motifs is 3. The molecule has 0 saturated carbocycles. The van der Waals surface area contributed by atoms with E-state index in [0.29, 0.717) is 5.92 Å². The molecule has 15 heavy (non-hydrogen) atoms. The van der Waals surface area contributed by atoms with Crippen molar-refractivity contribution in [2.45, 2.75) is 6.92 Å². The second-order valence-electron chi connectivity index (χ2n) is 3.95. The molecule has 0 radical (unpaired) electrons. The number of thiophene rings is 1. The fourth-order valence-corrected chi connectivity index (χ4v) is 3.04. The second kappa shape index (κ2) is 3.35. The molecule has 0 fully saturated rings. The SMILES string of the molecule is C[C@@H]1C=Cc2sc3ccccc3c2C=C1. The van der Waals surface area contributed by atoms with Crippen LogP contribution in [0.5, 0.6) is 0 Å². The maximum Gasteiger partial charge on any atom is 0.0355 e. The number of benzene rings is 1. The van der Waals surface area contributed by atoms with E-state index in [0.717, 1.165) is 0 Å². The highest BCUT2D eigenvalue weighted by Crippen LogP contribution is 2.34. The molecule has 0 unspecified atom stereocenters. The Morgan fingerprint density at radius 1 is 1.07 bits per heavy atom. The molecule has 0 bridgehead atoms. The van der Waals surface area contributed by atoms with E-state index in [2.05, 4.69) is 55.5 Å². The lowest BCUT2D eigenvalue weighted by Gasteiger charge is -1.93. The number of rotatable bonds is 0. The average molecular weight is 212 g/mol. The predicted octanol–water partition coefficient (Wildman–Crippen LogP) is 4.58. The molecular weight excluding hydrogens is 200 g/mol. The summed E-state index contributed by atoms with van der Waals surface area (Å²) in [7, 11) is 0. The lowest BCUT2D eigenvalue weighted by atomic mass is 10.1. The maximum atomic E-state index is 2.27. The Kier molecular flexibility index (Phi) is 2.00. The van der Waals surface area contributed by atoms with E-state index in [1.165, 1.54) is 20.5 Å². The summed E-state index contributed by atoms with van der Waals surface area (Å²) in [5.41, 5.74) is 1.39. The molecule has 1 aliphatic carbocycles. The zero-order valence-corrected chi connectivity index (χ0v) is 9.42. The van der Waals surface area contributed by atoms with Crippen molar-refractivity contribution < 1.29 is 0 Å². The Hall–Kier alpha value is -1.34. The van der Waals surface area contributed by atoms with Crippen LogP contribution in [0.25, 0.3) is 22.2 Å². The summed E-state index contributed by atoms with van der Waals surface area (Å²) in [6.07, 6.45) is 9.04. The van der Waals surface area contributed by atoms with E-state index in [1.807, 2.05) is 11.3 Å². The largest absolute Gasteiger partial charge is 0.135 e. The number of allylic oxidation sites excluding steroid dienone is 2. The molecule has 2 aromatic rings. The minimum absolute atomic E-state index is 0.545. The smallest absolute Gasteiger partial charge is 0.0355 e. The van der Waals surface area contributed by atoms with Crippen molar-refractivity contribution in [2.24, 2.45) is 5.92 Å². The molecule has 0 aliphatic heterocycles. The molecule has 0 N–H and O–H groups in total. The quantitative estimate of drug-likeness (QED) is 0.599. The summed E-state index contributed by atoms with van der Waals surface area (Å²) in [6, 6.07) is 8.62. The van der Waals surface area contributed by atoms with Crippen LogP contribution in [0.3, 0.4) is 0 Å². The van der Waals surface area contributed by atoms with Gasteiger partial charge in [0.25, 0.3) is 0 Å². The van der Waals surface area contributed by atoms with Crippen molar-refractivity contribution in [3.8, 4) is 0 Å². The van der Waals surface area contributed by atoms with Gasteiger partial charge in [-0.1, -0.05) is 43.4 Å². The molecule has 1 aromatic carbocycles. The lowest BCUT2D eigenvalue weighted by Crippen LogP contribution is -1.77. The third-order valence-electron chi connectivity index (χ3n) is 2.78. The third kappa shape index (κ3) is 1.44. The summed E-state index contributed by atoms with van der Waals surface area (Å²) < 4.78 is 1.38. The van der Waals surface area contributed by atoms with Gasteiger partial charge < -0.3 is 0 Å². The molecule has 0 amide bonds. The molecule has 1 atom stereocenters. The second-order valence-corrected chi connectivity index (χ2v) is 5.04. The van der Waals surface area contributed by atoms with Crippen LogP contribution >= 0.6 is 11.3 Å². The van der Waals surface area contributed by atoms with Crippen molar-refractivity contribution in [1.82, 2.24) is 0 Å². The van der Waals surface area contributed by atoms with E-state index in [1.54, 1.807) is 0 Å². The van der Waals surface area contributed by atoms with Gasteiger partial charge in [0.05, 0.1) is 0 Å². The van der Waals surface area contributed by atoms with Crippen LogP contribution in [0.2, 0.25) is 0 Å². The zero-order valence-electron chi connectivity index (χ0n) is 8.60. The fourth-order valence-electron chi connectivity index (χ4n) is 1.93. The molecule has 74 valence electrons. The highest BCUT2D eigenvalue weighted by Gasteiger charge is 2.09. The average Bonchev–Trinajstić information content (AvgIpc) is 2.51. The molecule has 0 saturated heterocycles. The van der Waals surface area contributed by atoms with Crippen molar-refractivity contribution in [3.05, 3.63) is 46.9 Å². The maximum absolute atomic E-state index is 2.27. The number of hydrogen-bond donors (Lipinski definition) is 0. The summed E-state index contributed by atoms with van der Waals surface area (Å²) in [4.78, 5) is 1.39. The van der Waals surface area contributed by atoms with Crippen LogP contribution in [-0.4, -0.2) is 0 Å². The highest BCUT2D eigenvalue weighted by molar-refractivity contribution is 7.20. The van der Waals surface area contributed by atoms with Gasteiger partial charge in [0.2, 0.25) is 0 Å². The minimum atomic E-state index is 0.545. The van der Waals surface area contributed by atoms with Crippen LogP contribution < -0.4 is 0 Å². The molecule has 1 heterocycles. The Morgan fingerprint density at radius 3 is 2.80 bits per heavy atom. The first-order valence-electron chi connectivity index (χ1n) is 5.22. The minimum Gasteiger partial charge on any atom is -0.135 e. The lowest BCUT2D eigenvalue weighted by molar-refractivity contribution is 0.954. The normalized spacial score (nSPS) is 19.1. The van der Waals surface area contributed by atoms with Crippen molar-refractivity contribution in [1.29, 1.82) is 0 Å². The molecule has 1 aromatic heterocycles. The van der Waals surface area contributed by atoms with Gasteiger partial charge in [-0.25, -0.2) is 0 Å². The first kappa shape index (κ1) is 8.93. The van der Waals surface area contributed by atoms with Crippen LogP contribution in [0.15, 0.2) is 36.4 Å². The van der Waals surface area contributed by atoms with Crippen molar-refractivity contribution in [2.75, 3.05) is 0 Å². The Balaban J connectivity index is 2.33. The first-order valence-corrected chi connectivity index (χ1v) is 6.04. The van der Waals surface area contributed by atoms with Gasteiger partial charge >= 0.3 is 0 Å². The van der Waals surface area contributed by atoms with Gasteiger partial charge in [-0.2, -0.15) is 0 Å². The van der Waals surface area contributed by atoms with Gasteiger partial charge in [-0.15, -0.1) is 11.3 Å². The summed E-state index contributed by atoms with van der Waals surface area (Å²) in [5, 5.41) is 1.38. The van der Waals surface area contributed by atoms with Crippen molar-refractivity contribution in [3.63, 3.8) is 0 Å². The van der Waals surface area contributed by atoms with Crippen LogP contribution in [0, 0.1) is 5.92 Å². The van der Waals surface area contributed by atoms with E-state index >= 15 is 0 Å². The van der Waals surface area contributed by atoms with Crippen LogP contribution in [0.1, 0.15) is 17.4 Å². The van der Waals surface area contributed by atoms with Gasteiger partial charge in [0.15, 0.2) is 0 Å². The van der Waals surface area contributed by atoms with Gasteiger partial charge in [0, 0.05) is 15.0 Å². The van der Waals surface area contributed by atoms with Crippen molar-refractivity contribution >= 4 is 33.6 Å². The monoisotopic (exact) mass is 212 g/mol. The predicted molar refractivity (Wildman–Crippen MR) is 69.1 cm³/mol.